The lowest BCUT2D eigenvalue weighted by atomic mass is 10.2. The summed E-state index contributed by atoms with van der Waals surface area (Å²) in [5.74, 6) is -5.63. The number of hydrogen-bond donors (Lipinski definition) is 0. The van der Waals surface area contributed by atoms with Gasteiger partial charge in [-0.05, 0) is 20.8 Å². The zero-order chi connectivity index (χ0) is 12.9. The maximum absolute atomic E-state index is 13.0. The monoisotopic (exact) mass is 236 g/mol. The van der Waals surface area contributed by atoms with E-state index >= 15 is 0 Å². The predicted molar refractivity (Wildman–Crippen MR) is 51.7 cm³/mol. The van der Waals surface area contributed by atoms with E-state index in [0.29, 0.717) is 0 Å². The van der Waals surface area contributed by atoms with Crippen molar-refractivity contribution in [1.82, 2.24) is 0 Å². The number of halogens is 2. The van der Waals surface area contributed by atoms with Crippen LogP contribution in [0.1, 0.15) is 27.2 Å². The zero-order valence-electron chi connectivity index (χ0n) is 9.60. The highest BCUT2D eigenvalue weighted by molar-refractivity contribution is 5.87. The third kappa shape index (κ3) is 5.43. The molecular weight excluding hydrogens is 222 g/mol. The molecule has 6 heteroatoms. The van der Waals surface area contributed by atoms with E-state index in [1.807, 2.05) is 0 Å². The van der Waals surface area contributed by atoms with Crippen molar-refractivity contribution < 1.29 is 27.8 Å². The average molecular weight is 236 g/mol. The highest BCUT2D eigenvalue weighted by Gasteiger charge is 2.22. The quantitative estimate of drug-likeness (QED) is 0.555. The van der Waals surface area contributed by atoms with Gasteiger partial charge in [0.15, 0.2) is 5.83 Å². The molecule has 0 aliphatic carbocycles. The van der Waals surface area contributed by atoms with Gasteiger partial charge in [-0.25, -0.2) is 9.18 Å². The van der Waals surface area contributed by atoms with Crippen molar-refractivity contribution in [2.45, 2.75) is 32.8 Å². The molecular formula is C10H14F2O4. The molecule has 0 heterocycles. The first-order valence-corrected chi connectivity index (χ1v) is 4.51. The molecule has 0 aromatic carbocycles. The fourth-order valence-electron chi connectivity index (χ4n) is 0.782. The summed E-state index contributed by atoms with van der Waals surface area (Å²) in [4.78, 5) is 21.6. The molecule has 0 aliphatic rings. The Bertz CT molecular complexity index is 315. The topological polar surface area (TPSA) is 52.6 Å². The molecule has 0 bridgehead atoms. The second kappa shape index (κ2) is 5.58. The first kappa shape index (κ1) is 14.5. The van der Waals surface area contributed by atoms with E-state index < -0.39 is 35.6 Å². The predicted octanol–water partition coefficient (Wildman–Crippen LogP) is 2.04. The SMILES string of the molecule is COC(=O)C(F)=C(F)CC(=O)OC(C)(C)C. The molecule has 0 aliphatic heterocycles. The van der Waals surface area contributed by atoms with Crippen LogP contribution in [0.25, 0.3) is 0 Å². The fraction of sp³-hybridized carbons (Fsp3) is 0.600. The van der Waals surface area contributed by atoms with E-state index in [2.05, 4.69) is 4.74 Å². The number of ether oxygens (including phenoxy) is 2. The van der Waals surface area contributed by atoms with Crippen molar-refractivity contribution in [1.29, 1.82) is 0 Å². The van der Waals surface area contributed by atoms with Gasteiger partial charge < -0.3 is 9.47 Å². The molecule has 0 aromatic heterocycles. The van der Waals surface area contributed by atoms with Crippen LogP contribution in [-0.4, -0.2) is 24.6 Å². The molecule has 0 atom stereocenters. The Morgan fingerprint density at radius 2 is 1.69 bits per heavy atom. The molecule has 0 rings (SSSR count). The van der Waals surface area contributed by atoms with Gasteiger partial charge >= 0.3 is 11.9 Å². The van der Waals surface area contributed by atoms with Crippen molar-refractivity contribution in [2.24, 2.45) is 0 Å². The third-order valence-corrected chi connectivity index (χ3v) is 1.32. The molecule has 0 amide bonds. The first-order valence-electron chi connectivity index (χ1n) is 4.51. The summed E-state index contributed by atoms with van der Waals surface area (Å²) in [6.07, 6.45) is -0.932. The summed E-state index contributed by atoms with van der Waals surface area (Å²) in [7, 11) is 0.905. The molecule has 0 spiro atoms. The van der Waals surface area contributed by atoms with Gasteiger partial charge in [0.25, 0.3) is 0 Å². The number of carbonyl (C=O) groups is 2. The Morgan fingerprint density at radius 3 is 2.06 bits per heavy atom. The van der Waals surface area contributed by atoms with E-state index in [0.717, 1.165) is 7.11 Å². The molecule has 0 saturated carbocycles. The Morgan fingerprint density at radius 1 is 1.19 bits per heavy atom. The number of carbonyl (C=O) groups excluding carboxylic acids is 2. The van der Waals surface area contributed by atoms with Gasteiger partial charge in [0.2, 0.25) is 5.83 Å². The van der Waals surface area contributed by atoms with Crippen LogP contribution in [0.2, 0.25) is 0 Å². The Hall–Kier alpha value is -1.46. The summed E-state index contributed by atoms with van der Waals surface area (Å²) < 4.78 is 34.5. The van der Waals surface area contributed by atoms with E-state index in [-0.39, 0.29) is 0 Å². The summed E-state index contributed by atoms with van der Waals surface area (Å²) in [6, 6.07) is 0. The lowest BCUT2D eigenvalue weighted by Crippen LogP contribution is -2.24. The molecule has 0 fully saturated rings. The van der Waals surface area contributed by atoms with Crippen molar-refractivity contribution in [2.75, 3.05) is 7.11 Å². The molecule has 0 aromatic rings. The highest BCUT2D eigenvalue weighted by Crippen LogP contribution is 2.16. The summed E-state index contributed by atoms with van der Waals surface area (Å²) in [6.45, 7) is 4.76. The fourth-order valence-corrected chi connectivity index (χ4v) is 0.782. The van der Waals surface area contributed by atoms with E-state index in [9.17, 15) is 18.4 Å². The standard InChI is InChI=1S/C10H14F2O4/c1-10(2,3)16-7(13)5-6(11)8(12)9(14)15-4/h5H2,1-4H3. The maximum atomic E-state index is 13.0. The molecule has 92 valence electrons. The van der Waals surface area contributed by atoms with Crippen LogP contribution in [0.15, 0.2) is 11.7 Å². The van der Waals surface area contributed by atoms with Crippen LogP contribution >= 0.6 is 0 Å². The Kier molecular flexibility index (Phi) is 5.07. The Labute approximate surface area is 92.2 Å². The molecule has 0 radical (unpaired) electrons. The molecule has 0 saturated heterocycles. The zero-order valence-corrected chi connectivity index (χ0v) is 9.60. The lowest BCUT2D eigenvalue weighted by Gasteiger charge is -2.19. The van der Waals surface area contributed by atoms with Crippen LogP contribution in [-0.2, 0) is 19.1 Å². The van der Waals surface area contributed by atoms with E-state index in [4.69, 9.17) is 4.74 Å². The third-order valence-electron chi connectivity index (χ3n) is 1.32. The second-order valence-corrected chi connectivity index (χ2v) is 3.97. The lowest BCUT2D eigenvalue weighted by molar-refractivity contribution is -0.154. The largest absolute Gasteiger partial charge is 0.464 e. The first-order chi connectivity index (χ1) is 7.17. The number of hydrogen-bond acceptors (Lipinski definition) is 4. The van der Waals surface area contributed by atoms with E-state index in [1.54, 1.807) is 20.8 Å². The molecule has 0 N–H and O–H groups in total. The van der Waals surface area contributed by atoms with E-state index in [1.165, 1.54) is 0 Å². The normalized spacial score (nSPS) is 12.9. The van der Waals surface area contributed by atoms with Crippen molar-refractivity contribution in [3.63, 3.8) is 0 Å². The summed E-state index contributed by atoms with van der Waals surface area (Å²) >= 11 is 0. The van der Waals surface area contributed by atoms with Crippen molar-refractivity contribution in [3.8, 4) is 0 Å². The molecule has 16 heavy (non-hydrogen) atoms. The van der Waals surface area contributed by atoms with Gasteiger partial charge in [0.1, 0.15) is 12.0 Å². The molecule has 4 nitrogen and oxygen atoms in total. The van der Waals surface area contributed by atoms with Crippen LogP contribution in [0.3, 0.4) is 0 Å². The van der Waals surface area contributed by atoms with Crippen molar-refractivity contribution >= 4 is 11.9 Å². The second-order valence-electron chi connectivity index (χ2n) is 3.97. The minimum Gasteiger partial charge on any atom is -0.464 e. The van der Waals surface area contributed by atoms with Gasteiger partial charge in [-0.15, -0.1) is 0 Å². The summed E-state index contributed by atoms with van der Waals surface area (Å²) in [5.41, 5.74) is -0.793. The maximum Gasteiger partial charge on any atom is 0.369 e. The van der Waals surface area contributed by atoms with Crippen LogP contribution in [0, 0.1) is 0 Å². The number of esters is 2. The van der Waals surface area contributed by atoms with Gasteiger partial charge in [-0.1, -0.05) is 0 Å². The highest BCUT2D eigenvalue weighted by atomic mass is 19.2. The Balaban J connectivity index is 4.51. The smallest absolute Gasteiger partial charge is 0.369 e. The summed E-state index contributed by atoms with van der Waals surface area (Å²) in [5, 5.41) is 0. The van der Waals surface area contributed by atoms with Gasteiger partial charge in [0.05, 0.1) is 7.11 Å². The minimum atomic E-state index is -1.71. The van der Waals surface area contributed by atoms with Crippen LogP contribution < -0.4 is 0 Å². The number of rotatable bonds is 3. The van der Waals surface area contributed by atoms with Gasteiger partial charge in [-0.2, -0.15) is 4.39 Å². The van der Waals surface area contributed by atoms with Crippen molar-refractivity contribution in [3.05, 3.63) is 11.7 Å². The van der Waals surface area contributed by atoms with Gasteiger partial charge in [-0.3, -0.25) is 4.79 Å². The van der Waals surface area contributed by atoms with Gasteiger partial charge in [0, 0.05) is 0 Å². The average Bonchev–Trinajstić information content (AvgIpc) is 2.12. The molecule has 0 unspecified atom stereocenters. The minimum absolute atomic E-state index is 0.793. The van der Waals surface area contributed by atoms with Crippen LogP contribution in [0.5, 0.6) is 0 Å². The number of methoxy groups -OCH3 is 1. The van der Waals surface area contributed by atoms with Crippen LogP contribution in [0.4, 0.5) is 8.78 Å².